The molecule has 4 atom stereocenters. The van der Waals surface area contributed by atoms with E-state index in [0.29, 0.717) is 29.3 Å². The van der Waals surface area contributed by atoms with Gasteiger partial charge in [0, 0.05) is 18.2 Å². The SMILES string of the molecule is C1CC2COCC1N2.Clc1cc(N2C3CCC2COC3)nc(Cl)n1.Clc1nc(Cl)nc(Cl)n1. The highest BCUT2D eigenvalue weighted by Crippen LogP contribution is 2.33. The molecule has 0 aliphatic carbocycles. The first-order valence-electron chi connectivity index (χ1n) is 10.5. The van der Waals surface area contributed by atoms with Crippen LogP contribution in [-0.4, -0.2) is 75.5 Å². The van der Waals surface area contributed by atoms with E-state index in [1.165, 1.54) is 12.8 Å². The van der Waals surface area contributed by atoms with E-state index in [-0.39, 0.29) is 21.1 Å². The number of aromatic nitrogens is 5. The number of hydrogen-bond acceptors (Lipinski definition) is 9. The van der Waals surface area contributed by atoms with Crippen LogP contribution < -0.4 is 10.2 Å². The molecule has 2 aromatic heterocycles. The summed E-state index contributed by atoms with van der Waals surface area (Å²) >= 11 is 27.7. The third kappa shape index (κ3) is 7.11. The van der Waals surface area contributed by atoms with Crippen molar-refractivity contribution in [3.8, 4) is 0 Å². The highest BCUT2D eigenvalue weighted by Gasteiger charge is 2.38. The standard InChI is InChI=1S/C10H11Cl2N3O.C6H11NO.C3Cl3N3/c11-8-3-9(14-10(12)13-8)15-6-1-2-7(15)5-16-4-6;1-2-6-4-8-3-5(1)7-6;4-1-7-2(5)9-3(6)8-1/h3,6-7H,1-2,4-5H2;5-7H,1-4H2;. The third-order valence-electron chi connectivity index (χ3n) is 5.69. The van der Waals surface area contributed by atoms with Gasteiger partial charge < -0.3 is 19.7 Å². The molecule has 4 aliphatic heterocycles. The third-order valence-corrected chi connectivity index (χ3v) is 6.56. The lowest BCUT2D eigenvalue weighted by atomic mass is 10.2. The van der Waals surface area contributed by atoms with E-state index in [0.717, 1.165) is 45.1 Å². The van der Waals surface area contributed by atoms with Gasteiger partial charge in [-0.2, -0.15) is 15.0 Å². The molecular formula is C19H22Cl5N7O2. The minimum atomic E-state index is 0.000000000000000444. The summed E-state index contributed by atoms with van der Waals surface area (Å²) in [6, 6.07) is 3.95. The second-order valence-corrected chi connectivity index (χ2v) is 9.70. The Kier molecular flexibility index (Phi) is 9.03. The number of anilines is 1. The second kappa shape index (κ2) is 11.8. The smallest absolute Gasteiger partial charge is 0.227 e. The van der Waals surface area contributed by atoms with E-state index in [9.17, 15) is 0 Å². The lowest BCUT2D eigenvalue weighted by Gasteiger charge is -2.35. The van der Waals surface area contributed by atoms with Gasteiger partial charge in [-0.25, -0.2) is 9.97 Å². The maximum absolute atomic E-state index is 5.89. The molecule has 6 heterocycles. The summed E-state index contributed by atoms with van der Waals surface area (Å²) in [5.41, 5.74) is 0. The molecular weight excluding hydrogens is 536 g/mol. The number of nitrogens with one attached hydrogen (secondary N) is 1. The average Bonchev–Trinajstić information content (AvgIpc) is 3.21. The zero-order valence-corrected chi connectivity index (χ0v) is 21.2. The fourth-order valence-corrected chi connectivity index (χ4v) is 5.34. The van der Waals surface area contributed by atoms with E-state index in [1.54, 1.807) is 6.07 Å². The number of nitrogens with zero attached hydrogens (tertiary/aromatic N) is 6. The van der Waals surface area contributed by atoms with Gasteiger partial charge in [0.05, 0.1) is 38.5 Å². The van der Waals surface area contributed by atoms with Gasteiger partial charge in [0.15, 0.2) is 0 Å². The number of rotatable bonds is 1. The number of morpholine rings is 2. The van der Waals surface area contributed by atoms with Crippen molar-refractivity contribution in [1.29, 1.82) is 0 Å². The van der Waals surface area contributed by atoms with E-state index in [1.807, 2.05) is 0 Å². The van der Waals surface area contributed by atoms with Gasteiger partial charge in [-0.1, -0.05) is 11.6 Å². The molecule has 0 amide bonds. The largest absolute Gasteiger partial charge is 0.378 e. The number of hydrogen-bond donors (Lipinski definition) is 1. The van der Waals surface area contributed by atoms with Gasteiger partial charge in [0.1, 0.15) is 11.0 Å². The van der Waals surface area contributed by atoms with Crippen molar-refractivity contribution in [1.82, 2.24) is 30.2 Å². The van der Waals surface area contributed by atoms with Gasteiger partial charge in [0.25, 0.3) is 0 Å². The Balaban J connectivity index is 0.000000129. The van der Waals surface area contributed by atoms with Crippen LogP contribution >= 0.6 is 58.0 Å². The number of fused-ring (bicyclic) bond motifs is 4. The van der Waals surface area contributed by atoms with Crippen molar-refractivity contribution in [3.63, 3.8) is 0 Å². The molecule has 1 N–H and O–H groups in total. The molecule has 33 heavy (non-hydrogen) atoms. The summed E-state index contributed by atoms with van der Waals surface area (Å²) in [7, 11) is 0. The fraction of sp³-hybridized carbons (Fsp3) is 0.632. The summed E-state index contributed by atoms with van der Waals surface area (Å²) in [5, 5.41) is 4.06. The van der Waals surface area contributed by atoms with Crippen LogP contribution in [0.4, 0.5) is 5.82 Å². The van der Waals surface area contributed by atoms with Crippen molar-refractivity contribution in [2.45, 2.75) is 49.9 Å². The molecule has 4 saturated heterocycles. The van der Waals surface area contributed by atoms with Crippen LogP contribution in [0.15, 0.2) is 6.07 Å². The summed E-state index contributed by atoms with van der Waals surface area (Å²) in [6.45, 7) is 3.40. The summed E-state index contributed by atoms with van der Waals surface area (Å²) in [4.78, 5) is 20.7. The van der Waals surface area contributed by atoms with Gasteiger partial charge in [-0.15, -0.1) is 0 Å². The Morgan fingerprint density at radius 3 is 1.64 bits per heavy atom. The van der Waals surface area contributed by atoms with Crippen molar-refractivity contribution < 1.29 is 9.47 Å². The van der Waals surface area contributed by atoms with Crippen molar-refractivity contribution in [2.75, 3.05) is 31.3 Å². The van der Waals surface area contributed by atoms with Crippen LogP contribution in [0.2, 0.25) is 26.3 Å². The van der Waals surface area contributed by atoms with E-state index >= 15 is 0 Å². The van der Waals surface area contributed by atoms with Gasteiger partial charge in [-0.3, -0.25) is 0 Å². The second-order valence-electron chi connectivity index (χ2n) is 7.97. The molecule has 14 heteroatoms. The van der Waals surface area contributed by atoms with E-state index in [2.05, 4.69) is 35.1 Å². The Morgan fingerprint density at radius 2 is 1.15 bits per heavy atom. The molecule has 0 spiro atoms. The maximum Gasteiger partial charge on any atom is 0.227 e. The quantitative estimate of drug-likeness (QED) is 0.410. The monoisotopic (exact) mass is 555 g/mol. The fourth-order valence-electron chi connectivity index (χ4n) is 4.33. The summed E-state index contributed by atoms with van der Waals surface area (Å²) in [6.07, 6.45) is 4.93. The molecule has 4 unspecified atom stereocenters. The topological polar surface area (TPSA) is 98.2 Å². The van der Waals surface area contributed by atoms with Crippen molar-refractivity contribution in [2.24, 2.45) is 0 Å². The average molecular weight is 558 g/mol. The molecule has 4 fully saturated rings. The molecule has 4 aliphatic rings. The van der Waals surface area contributed by atoms with Crippen LogP contribution in [0.25, 0.3) is 0 Å². The predicted octanol–water partition coefficient (Wildman–Crippen LogP) is 4.12. The first-order chi connectivity index (χ1) is 15.9. The Hall–Kier alpha value is -0.780. The van der Waals surface area contributed by atoms with E-state index < -0.39 is 0 Å². The first-order valence-corrected chi connectivity index (χ1v) is 12.4. The highest BCUT2D eigenvalue weighted by molar-refractivity contribution is 6.33. The summed E-state index contributed by atoms with van der Waals surface area (Å²) < 4.78 is 10.8. The Labute approximate surface area is 216 Å². The van der Waals surface area contributed by atoms with Crippen LogP contribution in [0.3, 0.4) is 0 Å². The molecule has 0 radical (unpaired) electrons. The molecule has 9 nitrogen and oxygen atoms in total. The number of ether oxygens (including phenoxy) is 2. The molecule has 6 rings (SSSR count). The lowest BCUT2D eigenvalue weighted by Crippen LogP contribution is -2.46. The zero-order valence-electron chi connectivity index (χ0n) is 17.4. The molecule has 0 saturated carbocycles. The molecule has 180 valence electrons. The van der Waals surface area contributed by atoms with Crippen LogP contribution in [-0.2, 0) is 9.47 Å². The molecule has 2 aromatic rings. The Bertz CT molecular complexity index is 858. The van der Waals surface area contributed by atoms with Crippen LogP contribution in [0.5, 0.6) is 0 Å². The zero-order chi connectivity index (χ0) is 23.4. The molecule has 0 aromatic carbocycles. The summed E-state index contributed by atoms with van der Waals surface area (Å²) in [5.74, 6) is 0.820. The highest BCUT2D eigenvalue weighted by atomic mass is 35.5. The maximum atomic E-state index is 5.89. The van der Waals surface area contributed by atoms with Gasteiger partial charge in [-0.05, 0) is 72.1 Å². The van der Waals surface area contributed by atoms with Crippen LogP contribution in [0.1, 0.15) is 25.7 Å². The normalized spacial score (nSPS) is 27.4. The van der Waals surface area contributed by atoms with Gasteiger partial charge in [0.2, 0.25) is 21.1 Å². The minimum Gasteiger partial charge on any atom is -0.378 e. The van der Waals surface area contributed by atoms with E-state index in [4.69, 9.17) is 67.5 Å². The first kappa shape index (κ1) is 25.3. The lowest BCUT2D eigenvalue weighted by molar-refractivity contribution is 0.0728. The Morgan fingerprint density at radius 1 is 0.667 bits per heavy atom. The van der Waals surface area contributed by atoms with Crippen molar-refractivity contribution >= 4 is 63.8 Å². The molecule has 4 bridgehead atoms. The minimum absolute atomic E-state index is 0.000000000000000444. The predicted molar refractivity (Wildman–Crippen MR) is 128 cm³/mol. The number of halogens is 5. The van der Waals surface area contributed by atoms with Gasteiger partial charge >= 0.3 is 0 Å². The van der Waals surface area contributed by atoms with Crippen molar-refractivity contribution in [3.05, 3.63) is 32.4 Å². The van der Waals surface area contributed by atoms with Crippen LogP contribution in [0, 0.1) is 0 Å².